The molecule has 0 fully saturated rings. The van der Waals surface area contributed by atoms with Gasteiger partial charge >= 0.3 is 5.88 Å². The lowest BCUT2D eigenvalue weighted by Gasteiger charge is -2.08. The van der Waals surface area contributed by atoms with Crippen LogP contribution in [0.3, 0.4) is 0 Å². The lowest BCUT2D eigenvalue weighted by Crippen LogP contribution is -2.10. The predicted molar refractivity (Wildman–Crippen MR) is 95.1 cm³/mol. The second kappa shape index (κ2) is 6.48. The molecule has 1 amide bonds. The van der Waals surface area contributed by atoms with Gasteiger partial charge in [0.05, 0.1) is 11.8 Å². The fourth-order valence-electron chi connectivity index (χ4n) is 2.74. The summed E-state index contributed by atoms with van der Waals surface area (Å²) in [6.07, 6.45) is 0. The van der Waals surface area contributed by atoms with E-state index in [2.05, 4.69) is 22.4 Å². The van der Waals surface area contributed by atoms with Crippen molar-refractivity contribution in [2.24, 2.45) is 0 Å². The summed E-state index contributed by atoms with van der Waals surface area (Å²) < 4.78 is 4.89. The number of aromatic nitrogens is 1. The molecule has 2 aromatic heterocycles. The van der Waals surface area contributed by atoms with E-state index in [1.54, 1.807) is 0 Å². The van der Waals surface area contributed by atoms with Gasteiger partial charge in [-0.15, -0.1) is 11.3 Å². The minimum absolute atomic E-state index is 0.133. The molecule has 1 N–H and O–H groups in total. The summed E-state index contributed by atoms with van der Waals surface area (Å²) in [6, 6.07) is 6.57. The third kappa shape index (κ3) is 3.43. The highest BCUT2D eigenvalue weighted by Crippen LogP contribution is 2.31. The van der Waals surface area contributed by atoms with E-state index in [1.165, 1.54) is 23.0 Å². The van der Waals surface area contributed by atoms with Gasteiger partial charge in [-0.2, -0.15) is 0 Å². The number of aryl methyl sites for hydroxylation is 3. The predicted octanol–water partition coefficient (Wildman–Crippen LogP) is 4.49. The minimum Gasteiger partial charge on any atom is -0.395 e. The van der Waals surface area contributed by atoms with E-state index in [0.717, 1.165) is 28.5 Å². The standard InChI is InChI=1S/C17H15N3O4S/c1-9-6-10(2)15(11(3)7-9)12-8-25-17(18-12)19-16(21)13-4-5-14(24-13)20(22)23/h4-8H,1-3H3,(H,18,19,21). The number of nitrogens with one attached hydrogen (secondary N) is 1. The van der Waals surface area contributed by atoms with Crippen LogP contribution >= 0.6 is 11.3 Å². The van der Waals surface area contributed by atoms with Gasteiger partial charge in [0, 0.05) is 10.9 Å². The Balaban J connectivity index is 1.82. The summed E-state index contributed by atoms with van der Waals surface area (Å²) in [5, 5.41) is 15.5. The van der Waals surface area contributed by atoms with Gasteiger partial charge < -0.3 is 4.42 Å². The first-order chi connectivity index (χ1) is 11.8. The first kappa shape index (κ1) is 16.8. The quantitative estimate of drug-likeness (QED) is 0.548. The number of hydrogen-bond acceptors (Lipinski definition) is 6. The van der Waals surface area contributed by atoms with Crippen LogP contribution in [-0.2, 0) is 0 Å². The number of carbonyl (C=O) groups is 1. The Morgan fingerprint density at radius 2 is 1.92 bits per heavy atom. The van der Waals surface area contributed by atoms with E-state index in [0.29, 0.717) is 5.13 Å². The summed E-state index contributed by atoms with van der Waals surface area (Å²) in [7, 11) is 0. The normalized spacial score (nSPS) is 10.7. The first-order valence-corrected chi connectivity index (χ1v) is 8.32. The zero-order valence-corrected chi connectivity index (χ0v) is 14.6. The highest BCUT2D eigenvalue weighted by Gasteiger charge is 2.19. The molecule has 0 aliphatic carbocycles. The molecule has 7 nitrogen and oxygen atoms in total. The van der Waals surface area contributed by atoms with Crippen LogP contribution in [0.1, 0.15) is 27.2 Å². The SMILES string of the molecule is Cc1cc(C)c(-c2csc(NC(=O)c3ccc([N+](=O)[O-])o3)n2)c(C)c1. The van der Waals surface area contributed by atoms with E-state index in [-0.39, 0.29) is 5.76 Å². The van der Waals surface area contributed by atoms with Crippen molar-refractivity contribution in [3.63, 3.8) is 0 Å². The number of benzene rings is 1. The lowest BCUT2D eigenvalue weighted by atomic mass is 9.98. The Bertz CT molecular complexity index is 951. The monoisotopic (exact) mass is 357 g/mol. The number of anilines is 1. The molecule has 0 aliphatic rings. The number of hydrogen-bond donors (Lipinski definition) is 1. The Morgan fingerprint density at radius 3 is 2.52 bits per heavy atom. The molecule has 0 bridgehead atoms. The fourth-order valence-corrected chi connectivity index (χ4v) is 3.43. The Labute approximate surface area is 147 Å². The van der Waals surface area contributed by atoms with Crippen LogP contribution in [0.15, 0.2) is 34.1 Å². The molecule has 3 rings (SSSR count). The zero-order valence-electron chi connectivity index (χ0n) is 13.8. The molecule has 3 aromatic rings. The third-order valence-electron chi connectivity index (χ3n) is 3.65. The van der Waals surface area contributed by atoms with Crippen LogP contribution in [-0.4, -0.2) is 15.8 Å². The van der Waals surface area contributed by atoms with Crippen molar-refractivity contribution in [3.05, 3.63) is 62.2 Å². The van der Waals surface area contributed by atoms with Gasteiger partial charge in [0.15, 0.2) is 10.9 Å². The largest absolute Gasteiger partial charge is 0.433 e. The van der Waals surface area contributed by atoms with Gasteiger partial charge in [-0.1, -0.05) is 17.7 Å². The van der Waals surface area contributed by atoms with Crippen molar-refractivity contribution in [1.29, 1.82) is 0 Å². The van der Waals surface area contributed by atoms with Crippen molar-refractivity contribution in [3.8, 4) is 11.3 Å². The molecule has 128 valence electrons. The molecule has 0 saturated carbocycles. The van der Waals surface area contributed by atoms with E-state index in [9.17, 15) is 14.9 Å². The van der Waals surface area contributed by atoms with Crippen LogP contribution in [0.5, 0.6) is 0 Å². The Morgan fingerprint density at radius 1 is 1.24 bits per heavy atom. The molecular formula is C17H15N3O4S. The third-order valence-corrected chi connectivity index (χ3v) is 4.41. The molecule has 8 heteroatoms. The van der Waals surface area contributed by atoms with Crippen molar-refractivity contribution >= 4 is 28.3 Å². The number of amides is 1. The summed E-state index contributed by atoms with van der Waals surface area (Å²) in [4.78, 5) is 26.5. The molecular weight excluding hydrogens is 342 g/mol. The number of thiazole rings is 1. The topological polar surface area (TPSA) is 98.3 Å². The van der Waals surface area contributed by atoms with Gasteiger partial charge in [0.25, 0.3) is 5.91 Å². The maximum atomic E-state index is 12.1. The Hall–Kier alpha value is -3.00. The van der Waals surface area contributed by atoms with Crippen molar-refractivity contribution < 1.29 is 14.1 Å². The van der Waals surface area contributed by atoms with Crippen LogP contribution in [0.2, 0.25) is 0 Å². The van der Waals surface area contributed by atoms with E-state index < -0.39 is 16.7 Å². The molecule has 1 aromatic carbocycles. The molecule has 0 atom stereocenters. The number of carbonyl (C=O) groups excluding carboxylic acids is 1. The summed E-state index contributed by atoms with van der Waals surface area (Å²) >= 11 is 1.28. The van der Waals surface area contributed by atoms with Crippen LogP contribution in [0.25, 0.3) is 11.3 Å². The molecule has 0 saturated heterocycles. The number of nitrogens with zero attached hydrogens (tertiary/aromatic N) is 2. The van der Waals surface area contributed by atoms with E-state index >= 15 is 0 Å². The van der Waals surface area contributed by atoms with Gasteiger partial charge in [-0.3, -0.25) is 20.2 Å². The van der Waals surface area contributed by atoms with Crippen LogP contribution < -0.4 is 5.32 Å². The molecule has 0 radical (unpaired) electrons. The maximum Gasteiger partial charge on any atom is 0.433 e. The molecule has 0 unspecified atom stereocenters. The highest BCUT2D eigenvalue weighted by molar-refractivity contribution is 7.14. The van der Waals surface area contributed by atoms with Gasteiger partial charge in [0.1, 0.15) is 4.92 Å². The number of rotatable bonds is 4. The fraction of sp³-hybridized carbons (Fsp3) is 0.176. The molecule has 2 heterocycles. The average molecular weight is 357 g/mol. The molecule has 25 heavy (non-hydrogen) atoms. The molecule has 0 spiro atoms. The summed E-state index contributed by atoms with van der Waals surface area (Å²) in [5.41, 5.74) is 5.23. The summed E-state index contributed by atoms with van der Waals surface area (Å²) in [5.74, 6) is -1.19. The van der Waals surface area contributed by atoms with Crippen LogP contribution in [0, 0.1) is 30.9 Å². The first-order valence-electron chi connectivity index (χ1n) is 7.44. The molecule has 0 aliphatic heterocycles. The second-order valence-corrected chi connectivity index (χ2v) is 6.52. The number of nitro groups is 1. The zero-order chi connectivity index (χ0) is 18.1. The number of furan rings is 1. The van der Waals surface area contributed by atoms with Crippen molar-refractivity contribution in [1.82, 2.24) is 4.98 Å². The summed E-state index contributed by atoms with van der Waals surface area (Å²) in [6.45, 7) is 6.09. The minimum atomic E-state index is -0.693. The van der Waals surface area contributed by atoms with Gasteiger partial charge in [-0.25, -0.2) is 4.98 Å². The maximum absolute atomic E-state index is 12.1. The van der Waals surface area contributed by atoms with E-state index in [1.807, 2.05) is 26.2 Å². The van der Waals surface area contributed by atoms with Gasteiger partial charge in [-0.05, 0) is 38.0 Å². The van der Waals surface area contributed by atoms with Crippen molar-refractivity contribution in [2.75, 3.05) is 5.32 Å². The second-order valence-electron chi connectivity index (χ2n) is 5.66. The highest BCUT2D eigenvalue weighted by atomic mass is 32.1. The van der Waals surface area contributed by atoms with Crippen LogP contribution in [0.4, 0.5) is 11.0 Å². The van der Waals surface area contributed by atoms with Gasteiger partial charge in [0.2, 0.25) is 0 Å². The van der Waals surface area contributed by atoms with Crippen molar-refractivity contribution in [2.45, 2.75) is 20.8 Å². The average Bonchev–Trinajstić information content (AvgIpc) is 3.15. The smallest absolute Gasteiger partial charge is 0.395 e. The lowest BCUT2D eigenvalue weighted by molar-refractivity contribution is -0.402. The van der Waals surface area contributed by atoms with E-state index in [4.69, 9.17) is 4.42 Å². The Kier molecular flexibility index (Phi) is 4.37.